The van der Waals surface area contributed by atoms with Crippen molar-refractivity contribution in [3.8, 4) is 0 Å². The number of amides is 1. The van der Waals surface area contributed by atoms with Crippen molar-refractivity contribution >= 4 is 5.91 Å². The van der Waals surface area contributed by atoms with Crippen LogP contribution in [0.2, 0.25) is 0 Å². The number of carbonyl (C=O) groups is 1. The molecule has 2 rings (SSSR count). The van der Waals surface area contributed by atoms with Gasteiger partial charge in [0.2, 0.25) is 5.91 Å². The molecule has 0 radical (unpaired) electrons. The summed E-state index contributed by atoms with van der Waals surface area (Å²) in [6.45, 7) is 1.64. The van der Waals surface area contributed by atoms with Crippen molar-refractivity contribution in [2.75, 3.05) is 20.6 Å². The zero-order valence-electron chi connectivity index (χ0n) is 10.9. The molecule has 1 atom stereocenters. The molecule has 1 amide bonds. The maximum atomic E-state index is 12.8. The smallest absolute Gasteiger partial charge is 0.239 e. The Balaban J connectivity index is 2.04. The molecule has 1 saturated heterocycles. The Morgan fingerprint density at radius 3 is 2.67 bits per heavy atom. The fraction of sp³-hybridized carbons (Fsp3) is 0.500. The minimum atomic E-state index is -0.221. The van der Waals surface area contributed by atoms with Crippen LogP contribution in [-0.4, -0.2) is 42.4 Å². The molecular formula is C14H19FN2O. The lowest BCUT2D eigenvalue weighted by Crippen LogP contribution is -2.42. The highest BCUT2D eigenvalue weighted by Gasteiger charge is 2.31. The largest absolute Gasteiger partial charge is 0.347 e. The quantitative estimate of drug-likeness (QED) is 0.817. The average Bonchev–Trinajstić information content (AvgIpc) is 2.79. The highest BCUT2D eigenvalue weighted by atomic mass is 19.1. The minimum Gasteiger partial charge on any atom is -0.347 e. The minimum absolute atomic E-state index is 0.0231. The maximum Gasteiger partial charge on any atom is 0.239 e. The molecule has 1 heterocycles. The van der Waals surface area contributed by atoms with Crippen molar-refractivity contribution in [3.63, 3.8) is 0 Å². The fourth-order valence-corrected chi connectivity index (χ4v) is 2.42. The number of carbonyl (C=O) groups excluding carboxylic acids is 1. The number of likely N-dealkylation sites (N-methyl/N-ethyl adjacent to an activating group) is 1. The molecule has 1 aromatic rings. The van der Waals surface area contributed by atoms with Gasteiger partial charge in [-0.3, -0.25) is 9.69 Å². The molecule has 0 bridgehead atoms. The molecular weight excluding hydrogens is 231 g/mol. The normalized spacial score (nSPS) is 20.1. The predicted molar refractivity (Wildman–Crippen MR) is 68.5 cm³/mol. The third kappa shape index (κ3) is 2.88. The van der Waals surface area contributed by atoms with Gasteiger partial charge in [-0.05, 0) is 37.1 Å². The third-order valence-electron chi connectivity index (χ3n) is 3.39. The van der Waals surface area contributed by atoms with E-state index in [1.165, 1.54) is 12.1 Å². The van der Waals surface area contributed by atoms with E-state index in [1.807, 2.05) is 0 Å². The van der Waals surface area contributed by atoms with Gasteiger partial charge in [-0.1, -0.05) is 12.1 Å². The molecule has 1 fully saturated rings. The number of hydrogen-bond acceptors (Lipinski definition) is 2. The highest BCUT2D eigenvalue weighted by molar-refractivity contribution is 5.81. The van der Waals surface area contributed by atoms with Gasteiger partial charge in [-0.25, -0.2) is 4.39 Å². The fourth-order valence-electron chi connectivity index (χ4n) is 2.42. The van der Waals surface area contributed by atoms with Crippen LogP contribution in [0, 0.1) is 5.82 Å². The van der Waals surface area contributed by atoms with Gasteiger partial charge >= 0.3 is 0 Å². The van der Waals surface area contributed by atoms with Crippen LogP contribution in [0.5, 0.6) is 0 Å². The maximum absolute atomic E-state index is 12.8. The number of benzene rings is 1. The second-order valence-electron chi connectivity index (χ2n) is 4.99. The van der Waals surface area contributed by atoms with Crippen molar-refractivity contribution in [3.05, 3.63) is 35.6 Å². The van der Waals surface area contributed by atoms with Gasteiger partial charge < -0.3 is 4.90 Å². The van der Waals surface area contributed by atoms with Crippen LogP contribution >= 0.6 is 0 Å². The Labute approximate surface area is 107 Å². The summed E-state index contributed by atoms with van der Waals surface area (Å²) in [5.41, 5.74) is 1.05. The van der Waals surface area contributed by atoms with Crippen molar-refractivity contribution in [1.29, 1.82) is 0 Å². The van der Waals surface area contributed by atoms with Gasteiger partial charge in [-0.2, -0.15) is 0 Å². The second-order valence-corrected chi connectivity index (χ2v) is 4.99. The first-order chi connectivity index (χ1) is 8.58. The van der Waals surface area contributed by atoms with Gasteiger partial charge in [-0.15, -0.1) is 0 Å². The molecule has 1 aliphatic rings. The summed E-state index contributed by atoms with van der Waals surface area (Å²) in [7, 11) is 3.58. The Morgan fingerprint density at radius 1 is 1.39 bits per heavy atom. The van der Waals surface area contributed by atoms with Crippen LogP contribution < -0.4 is 0 Å². The Bertz CT molecular complexity index is 416. The molecule has 0 saturated carbocycles. The Kier molecular flexibility index (Phi) is 3.97. The lowest BCUT2D eigenvalue weighted by molar-refractivity contribution is -0.133. The van der Waals surface area contributed by atoms with Crippen LogP contribution in [-0.2, 0) is 11.3 Å². The monoisotopic (exact) mass is 250 g/mol. The molecule has 1 aromatic carbocycles. The molecule has 0 aromatic heterocycles. The van der Waals surface area contributed by atoms with Crippen molar-refractivity contribution in [2.24, 2.45) is 0 Å². The van der Waals surface area contributed by atoms with E-state index >= 15 is 0 Å². The van der Waals surface area contributed by atoms with E-state index in [0.29, 0.717) is 6.54 Å². The van der Waals surface area contributed by atoms with Crippen LogP contribution in [0.25, 0.3) is 0 Å². The van der Waals surface area contributed by atoms with E-state index in [2.05, 4.69) is 4.90 Å². The summed E-state index contributed by atoms with van der Waals surface area (Å²) in [4.78, 5) is 15.8. The average molecular weight is 250 g/mol. The first-order valence-electron chi connectivity index (χ1n) is 6.27. The topological polar surface area (TPSA) is 23.6 Å². The number of halogens is 1. The summed E-state index contributed by atoms with van der Waals surface area (Å²) in [6.07, 6.45) is 1.96. The van der Waals surface area contributed by atoms with E-state index in [1.54, 1.807) is 31.1 Å². The molecule has 0 N–H and O–H groups in total. The molecule has 4 heteroatoms. The number of likely N-dealkylation sites (tertiary alicyclic amines) is 1. The zero-order valence-corrected chi connectivity index (χ0v) is 10.9. The second kappa shape index (κ2) is 5.48. The highest BCUT2D eigenvalue weighted by Crippen LogP contribution is 2.21. The number of rotatable bonds is 3. The predicted octanol–water partition coefficient (Wildman–Crippen LogP) is 1.88. The lowest BCUT2D eigenvalue weighted by Gasteiger charge is -2.26. The SMILES string of the molecule is CN(C)C(=O)[C@@H]1CCCN1Cc1ccc(F)cc1. The van der Waals surface area contributed by atoms with Gasteiger partial charge in [0.15, 0.2) is 0 Å². The van der Waals surface area contributed by atoms with Crippen LogP contribution in [0.15, 0.2) is 24.3 Å². The summed E-state index contributed by atoms with van der Waals surface area (Å²) < 4.78 is 12.8. The first kappa shape index (κ1) is 13.0. The van der Waals surface area contributed by atoms with Gasteiger partial charge in [0.25, 0.3) is 0 Å². The van der Waals surface area contributed by atoms with Crippen LogP contribution in [0.3, 0.4) is 0 Å². The van der Waals surface area contributed by atoms with E-state index in [0.717, 1.165) is 24.9 Å². The molecule has 0 spiro atoms. The summed E-state index contributed by atoms with van der Waals surface area (Å²) >= 11 is 0. The van der Waals surface area contributed by atoms with Crippen molar-refractivity contribution in [1.82, 2.24) is 9.80 Å². The summed E-state index contributed by atoms with van der Waals surface area (Å²) in [5.74, 6) is -0.0595. The first-order valence-corrected chi connectivity index (χ1v) is 6.27. The van der Waals surface area contributed by atoms with E-state index < -0.39 is 0 Å². The molecule has 1 aliphatic heterocycles. The standard InChI is InChI=1S/C14H19FN2O/c1-16(2)14(18)13-4-3-9-17(13)10-11-5-7-12(15)8-6-11/h5-8,13H,3-4,9-10H2,1-2H3/t13-/m0/s1. The molecule has 0 aliphatic carbocycles. The number of hydrogen-bond donors (Lipinski definition) is 0. The number of nitrogens with zero attached hydrogens (tertiary/aromatic N) is 2. The third-order valence-corrected chi connectivity index (χ3v) is 3.39. The zero-order chi connectivity index (χ0) is 13.1. The van der Waals surface area contributed by atoms with Gasteiger partial charge in [0.05, 0.1) is 6.04 Å². The van der Waals surface area contributed by atoms with E-state index in [4.69, 9.17) is 0 Å². The van der Waals surface area contributed by atoms with Crippen molar-refractivity contribution in [2.45, 2.75) is 25.4 Å². The van der Waals surface area contributed by atoms with E-state index in [9.17, 15) is 9.18 Å². The summed E-state index contributed by atoms with van der Waals surface area (Å²) in [5, 5.41) is 0. The Hall–Kier alpha value is -1.42. The molecule has 18 heavy (non-hydrogen) atoms. The van der Waals surface area contributed by atoms with Gasteiger partial charge in [0, 0.05) is 20.6 Å². The van der Waals surface area contributed by atoms with Gasteiger partial charge in [0.1, 0.15) is 5.82 Å². The van der Waals surface area contributed by atoms with Crippen LogP contribution in [0.4, 0.5) is 4.39 Å². The van der Waals surface area contributed by atoms with E-state index in [-0.39, 0.29) is 17.8 Å². The molecule has 3 nitrogen and oxygen atoms in total. The van der Waals surface area contributed by atoms with Crippen molar-refractivity contribution < 1.29 is 9.18 Å². The summed E-state index contributed by atoms with van der Waals surface area (Å²) in [6, 6.07) is 6.47. The molecule has 98 valence electrons. The molecule has 0 unspecified atom stereocenters. The lowest BCUT2D eigenvalue weighted by atomic mass is 10.1. The Morgan fingerprint density at radius 2 is 2.06 bits per heavy atom. The van der Waals surface area contributed by atoms with Crippen LogP contribution in [0.1, 0.15) is 18.4 Å².